The first-order valence-corrected chi connectivity index (χ1v) is 8.15. The molecule has 0 saturated heterocycles. The van der Waals surface area contributed by atoms with E-state index in [9.17, 15) is 0 Å². The SMILES string of the molecule is CCc1cccc(CC)c1NCc1cc(OC)ccc1Br. The van der Waals surface area contributed by atoms with E-state index in [0.717, 1.165) is 29.6 Å². The van der Waals surface area contributed by atoms with Crippen molar-refractivity contribution in [1.29, 1.82) is 0 Å². The molecular weight excluding hydrogens is 326 g/mol. The predicted molar refractivity (Wildman–Crippen MR) is 93.2 cm³/mol. The molecule has 2 aromatic rings. The normalized spacial score (nSPS) is 10.5. The predicted octanol–water partition coefficient (Wildman–Crippen LogP) is 5.19. The van der Waals surface area contributed by atoms with Gasteiger partial charge in [-0.3, -0.25) is 0 Å². The molecule has 0 heterocycles. The lowest BCUT2D eigenvalue weighted by molar-refractivity contribution is 0.414. The van der Waals surface area contributed by atoms with Crippen molar-refractivity contribution in [1.82, 2.24) is 0 Å². The second kappa shape index (κ2) is 7.51. The number of para-hydroxylation sites is 1. The van der Waals surface area contributed by atoms with E-state index in [2.05, 4.69) is 59.4 Å². The van der Waals surface area contributed by atoms with Gasteiger partial charge in [-0.1, -0.05) is 48.0 Å². The van der Waals surface area contributed by atoms with E-state index in [1.807, 2.05) is 12.1 Å². The Bertz CT molecular complexity index is 588. The number of rotatable bonds is 6. The molecule has 0 aliphatic rings. The van der Waals surface area contributed by atoms with Gasteiger partial charge in [-0.05, 0) is 47.7 Å². The average molecular weight is 348 g/mol. The van der Waals surface area contributed by atoms with Crippen LogP contribution in [-0.2, 0) is 19.4 Å². The molecule has 0 spiro atoms. The number of hydrogen-bond donors (Lipinski definition) is 1. The zero-order chi connectivity index (χ0) is 15.2. The summed E-state index contributed by atoms with van der Waals surface area (Å²) in [5.74, 6) is 0.884. The van der Waals surface area contributed by atoms with Crippen molar-refractivity contribution in [3.8, 4) is 5.75 Å². The molecule has 0 unspecified atom stereocenters. The van der Waals surface area contributed by atoms with Crippen molar-refractivity contribution in [2.75, 3.05) is 12.4 Å². The van der Waals surface area contributed by atoms with Gasteiger partial charge in [0.25, 0.3) is 0 Å². The van der Waals surface area contributed by atoms with Crippen LogP contribution in [-0.4, -0.2) is 7.11 Å². The molecule has 0 amide bonds. The minimum atomic E-state index is 0.780. The Labute approximate surface area is 135 Å². The van der Waals surface area contributed by atoms with Gasteiger partial charge in [0.05, 0.1) is 7.11 Å². The topological polar surface area (TPSA) is 21.3 Å². The summed E-state index contributed by atoms with van der Waals surface area (Å²) in [7, 11) is 1.70. The van der Waals surface area contributed by atoms with Gasteiger partial charge in [0.15, 0.2) is 0 Å². The zero-order valence-corrected chi connectivity index (χ0v) is 14.5. The number of benzene rings is 2. The molecule has 0 aliphatic carbocycles. The van der Waals surface area contributed by atoms with Crippen molar-refractivity contribution in [3.05, 3.63) is 57.6 Å². The second-order valence-electron chi connectivity index (χ2n) is 4.97. The van der Waals surface area contributed by atoms with E-state index in [0.29, 0.717) is 0 Å². The summed E-state index contributed by atoms with van der Waals surface area (Å²) < 4.78 is 6.40. The molecule has 0 saturated carbocycles. The van der Waals surface area contributed by atoms with Crippen LogP contribution in [0.1, 0.15) is 30.5 Å². The Morgan fingerprint density at radius 1 is 1.00 bits per heavy atom. The summed E-state index contributed by atoms with van der Waals surface area (Å²) in [6.45, 7) is 5.17. The molecule has 1 N–H and O–H groups in total. The summed E-state index contributed by atoms with van der Waals surface area (Å²) in [4.78, 5) is 0. The van der Waals surface area contributed by atoms with Gasteiger partial charge in [-0.25, -0.2) is 0 Å². The highest BCUT2D eigenvalue weighted by molar-refractivity contribution is 9.10. The molecule has 0 bridgehead atoms. The van der Waals surface area contributed by atoms with E-state index in [-0.39, 0.29) is 0 Å². The maximum Gasteiger partial charge on any atom is 0.119 e. The molecule has 2 aromatic carbocycles. The van der Waals surface area contributed by atoms with E-state index in [4.69, 9.17) is 4.74 Å². The molecule has 3 heteroatoms. The molecule has 2 rings (SSSR count). The summed E-state index contributed by atoms with van der Waals surface area (Å²) >= 11 is 3.61. The van der Waals surface area contributed by atoms with Gasteiger partial charge >= 0.3 is 0 Å². The van der Waals surface area contributed by atoms with E-state index in [1.165, 1.54) is 22.4 Å². The van der Waals surface area contributed by atoms with Gasteiger partial charge in [0.2, 0.25) is 0 Å². The number of halogens is 1. The lowest BCUT2D eigenvalue weighted by atomic mass is 10.0. The number of nitrogens with one attached hydrogen (secondary N) is 1. The van der Waals surface area contributed by atoms with E-state index in [1.54, 1.807) is 7.11 Å². The molecular formula is C18H22BrNO. The highest BCUT2D eigenvalue weighted by Gasteiger charge is 2.07. The number of ether oxygens (including phenoxy) is 1. The molecule has 0 aromatic heterocycles. The van der Waals surface area contributed by atoms with Gasteiger partial charge in [0, 0.05) is 16.7 Å². The van der Waals surface area contributed by atoms with Crippen molar-refractivity contribution >= 4 is 21.6 Å². The average Bonchev–Trinajstić information content (AvgIpc) is 2.53. The van der Waals surface area contributed by atoms with Gasteiger partial charge in [-0.2, -0.15) is 0 Å². The zero-order valence-electron chi connectivity index (χ0n) is 12.9. The largest absolute Gasteiger partial charge is 0.497 e. The van der Waals surface area contributed by atoms with Crippen LogP contribution in [0.2, 0.25) is 0 Å². The highest BCUT2D eigenvalue weighted by Crippen LogP contribution is 2.26. The quantitative estimate of drug-likeness (QED) is 0.775. The standard InChI is InChI=1S/C18H22BrNO/c1-4-13-7-6-8-14(5-2)18(13)20-12-15-11-16(21-3)9-10-17(15)19/h6-11,20H,4-5,12H2,1-3H3. The van der Waals surface area contributed by atoms with Crippen LogP contribution >= 0.6 is 15.9 Å². The fourth-order valence-corrected chi connectivity index (χ4v) is 2.85. The molecule has 0 aliphatic heterocycles. The fourth-order valence-electron chi connectivity index (χ4n) is 2.47. The Balaban J connectivity index is 2.24. The van der Waals surface area contributed by atoms with Crippen LogP contribution < -0.4 is 10.1 Å². The molecule has 112 valence electrons. The van der Waals surface area contributed by atoms with Crippen LogP contribution in [0, 0.1) is 0 Å². The van der Waals surface area contributed by atoms with Crippen molar-refractivity contribution in [2.45, 2.75) is 33.2 Å². The van der Waals surface area contributed by atoms with Crippen LogP contribution in [0.15, 0.2) is 40.9 Å². The number of hydrogen-bond acceptors (Lipinski definition) is 2. The third-order valence-corrected chi connectivity index (χ3v) is 4.48. The van der Waals surface area contributed by atoms with Crippen molar-refractivity contribution < 1.29 is 4.74 Å². The minimum Gasteiger partial charge on any atom is -0.497 e. The minimum absolute atomic E-state index is 0.780. The smallest absolute Gasteiger partial charge is 0.119 e. The van der Waals surface area contributed by atoms with E-state index >= 15 is 0 Å². The fraction of sp³-hybridized carbons (Fsp3) is 0.333. The molecule has 0 fully saturated rings. The molecule has 21 heavy (non-hydrogen) atoms. The summed E-state index contributed by atoms with van der Waals surface area (Å²) in [6.07, 6.45) is 2.07. The maximum absolute atomic E-state index is 5.30. The monoisotopic (exact) mass is 347 g/mol. The first-order chi connectivity index (χ1) is 10.2. The summed E-state index contributed by atoms with van der Waals surface area (Å²) in [5, 5.41) is 3.61. The Hall–Kier alpha value is -1.48. The molecule has 0 radical (unpaired) electrons. The van der Waals surface area contributed by atoms with Crippen LogP contribution in [0.25, 0.3) is 0 Å². The van der Waals surface area contributed by atoms with Gasteiger partial charge in [-0.15, -0.1) is 0 Å². The Morgan fingerprint density at radius 3 is 2.24 bits per heavy atom. The molecule has 2 nitrogen and oxygen atoms in total. The number of methoxy groups -OCH3 is 1. The van der Waals surface area contributed by atoms with Gasteiger partial charge < -0.3 is 10.1 Å². The first kappa shape index (κ1) is 15.9. The highest BCUT2D eigenvalue weighted by atomic mass is 79.9. The van der Waals surface area contributed by atoms with E-state index < -0.39 is 0 Å². The summed E-state index contributed by atoms with van der Waals surface area (Å²) in [5.41, 5.74) is 5.21. The van der Waals surface area contributed by atoms with Gasteiger partial charge in [0.1, 0.15) is 5.75 Å². The van der Waals surface area contributed by atoms with Crippen molar-refractivity contribution in [2.24, 2.45) is 0 Å². The van der Waals surface area contributed by atoms with Crippen LogP contribution in [0.5, 0.6) is 5.75 Å². The third-order valence-electron chi connectivity index (χ3n) is 3.71. The second-order valence-corrected chi connectivity index (χ2v) is 5.82. The Morgan fingerprint density at radius 2 is 1.67 bits per heavy atom. The maximum atomic E-state index is 5.30. The molecule has 0 atom stereocenters. The Kier molecular flexibility index (Phi) is 5.68. The first-order valence-electron chi connectivity index (χ1n) is 7.36. The number of aryl methyl sites for hydroxylation is 2. The third kappa shape index (κ3) is 3.79. The van der Waals surface area contributed by atoms with Crippen LogP contribution in [0.4, 0.5) is 5.69 Å². The lowest BCUT2D eigenvalue weighted by Gasteiger charge is -2.16. The number of anilines is 1. The summed E-state index contributed by atoms with van der Waals surface area (Å²) in [6, 6.07) is 12.6. The van der Waals surface area contributed by atoms with Crippen molar-refractivity contribution in [3.63, 3.8) is 0 Å². The lowest BCUT2D eigenvalue weighted by Crippen LogP contribution is -2.06. The van der Waals surface area contributed by atoms with Crippen LogP contribution in [0.3, 0.4) is 0 Å².